The molecule has 21 heavy (non-hydrogen) atoms. The normalized spacial score (nSPS) is 22.2. The van der Waals surface area contributed by atoms with Gasteiger partial charge in [-0.1, -0.05) is 44.2 Å². The Labute approximate surface area is 128 Å². The molecular formula is C18H28N2O. The average molecular weight is 288 g/mol. The van der Waals surface area contributed by atoms with Gasteiger partial charge in [-0.3, -0.25) is 4.79 Å². The Bertz CT molecular complexity index is 422. The standard InChI is InChI=1S/C18H28N2O/c1-14(2)19-13-12-18(21)20-17-10-8-16(9-11-17)15-6-4-3-5-7-15/h3-7,14,16-17,19H,8-13H2,1-2H3,(H,20,21). The minimum atomic E-state index is 0.186. The molecule has 2 rings (SSSR count). The first-order valence-electron chi connectivity index (χ1n) is 8.23. The maximum Gasteiger partial charge on any atom is 0.221 e. The topological polar surface area (TPSA) is 41.1 Å². The molecule has 1 aliphatic carbocycles. The zero-order valence-corrected chi connectivity index (χ0v) is 13.3. The Hall–Kier alpha value is -1.35. The molecule has 3 heteroatoms. The first-order chi connectivity index (χ1) is 10.1. The van der Waals surface area contributed by atoms with E-state index in [1.807, 2.05) is 0 Å². The van der Waals surface area contributed by atoms with E-state index < -0.39 is 0 Å². The van der Waals surface area contributed by atoms with E-state index in [1.54, 1.807) is 0 Å². The van der Waals surface area contributed by atoms with Crippen LogP contribution < -0.4 is 10.6 Å². The molecule has 1 amide bonds. The molecule has 2 N–H and O–H groups in total. The van der Waals surface area contributed by atoms with E-state index in [4.69, 9.17) is 0 Å². The summed E-state index contributed by atoms with van der Waals surface area (Å²) in [5.74, 6) is 0.855. The van der Waals surface area contributed by atoms with E-state index >= 15 is 0 Å². The molecule has 1 saturated carbocycles. The molecule has 1 aromatic carbocycles. The summed E-state index contributed by atoms with van der Waals surface area (Å²) in [6, 6.07) is 11.6. The summed E-state index contributed by atoms with van der Waals surface area (Å²) in [7, 11) is 0. The monoisotopic (exact) mass is 288 g/mol. The van der Waals surface area contributed by atoms with Gasteiger partial charge in [-0.2, -0.15) is 0 Å². The molecule has 0 spiro atoms. The van der Waals surface area contributed by atoms with Gasteiger partial charge in [0.15, 0.2) is 0 Å². The summed E-state index contributed by atoms with van der Waals surface area (Å²) in [6.07, 6.45) is 5.14. The highest BCUT2D eigenvalue weighted by molar-refractivity contribution is 5.76. The average Bonchev–Trinajstić information content (AvgIpc) is 2.48. The van der Waals surface area contributed by atoms with Crippen LogP contribution in [0.2, 0.25) is 0 Å². The van der Waals surface area contributed by atoms with Crippen molar-refractivity contribution in [3.8, 4) is 0 Å². The molecule has 1 aliphatic rings. The first kappa shape index (κ1) is 16.0. The van der Waals surface area contributed by atoms with Gasteiger partial charge in [-0.05, 0) is 37.2 Å². The quantitative estimate of drug-likeness (QED) is 0.844. The number of hydrogen-bond acceptors (Lipinski definition) is 2. The molecule has 3 nitrogen and oxygen atoms in total. The van der Waals surface area contributed by atoms with Crippen molar-refractivity contribution >= 4 is 5.91 Å². The second-order valence-electron chi connectivity index (χ2n) is 6.39. The number of carbonyl (C=O) groups excluding carboxylic acids is 1. The van der Waals surface area contributed by atoms with Gasteiger partial charge in [-0.25, -0.2) is 0 Å². The van der Waals surface area contributed by atoms with Crippen molar-refractivity contribution in [1.82, 2.24) is 10.6 Å². The molecule has 0 aromatic heterocycles. The molecule has 0 aliphatic heterocycles. The SMILES string of the molecule is CC(C)NCCC(=O)NC1CCC(c2ccccc2)CC1. The highest BCUT2D eigenvalue weighted by Crippen LogP contribution is 2.32. The number of nitrogens with one attached hydrogen (secondary N) is 2. The third-order valence-electron chi connectivity index (χ3n) is 4.27. The number of hydrogen-bond donors (Lipinski definition) is 2. The molecular weight excluding hydrogens is 260 g/mol. The van der Waals surface area contributed by atoms with Crippen LogP contribution in [0.25, 0.3) is 0 Å². The molecule has 0 saturated heterocycles. The first-order valence-corrected chi connectivity index (χ1v) is 8.23. The van der Waals surface area contributed by atoms with Crippen LogP contribution in [0.15, 0.2) is 30.3 Å². The third-order valence-corrected chi connectivity index (χ3v) is 4.27. The maximum atomic E-state index is 11.9. The highest BCUT2D eigenvalue weighted by atomic mass is 16.1. The molecule has 1 fully saturated rings. The van der Waals surface area contributed by atoms with E-state index in [1.165, 1.54) is 18.4 Å². The fraction of sp³-hybridized carbons (Fsp3) is 0.611. The molecule has 1 aromatic rings. The summed E-state index contributed by atoms with van der Waals surface area (Å²) >= 11 is 0. The van der Waals surface area contributed by atoms with Crippen molar-refractivity contribution < 1.29 is 4.79 Å². The molecule has 0 heterocycles. The summed E-state index contributed by atoms with van der Waals surface area (Å²) < 4.78 is 0. The predicted molar refractivity (Wildman–Crippen MR) is 87.3 cm³/mol. The maximum absolute atomic E-state index is 11.9. The predicted octanol–water partition coefficient (Wildman–Crippen LogP) is 3.22. The minimum absolute atomic E-state index is 0.186. The lowest BCUT2D eigenvalue weighted by Crippen LogP contribution is -2.39. The second kappa shape index (κ2) is 8.18. The Morgan fingerprint density at radius 1 is 1.14 bits per heavy atom. The Kier molecular flexibility index (Phi) is 6.24. The van der Waals surface area contributed by atoms with Crippen LogP contribution in [0.3, 0.4) is 0 Å². The fourth-order valence-corrected chi connectivity index (χ4v) is 3.07. The van der Waals surface area contributed by atoms with E-state index in [0.717, 1.165) is 19.4 Å². The van der Waals surface area contributed by atoms with Crippen LogP contribution in [0.4, 0.5) is 0 Å². The number of amides is 1. The number of benzene rings is 1. The molecule has 116 valence electrons. The molecule has 0 atom stereocenters. The van der Waals surface area contributed by atoms with Crippen LogP contribution in [0.5, 0.6) is 0 Å². The van der Waals surface area contributed by atoms with Gasteiger partial charge in [0.05, 0.1) is 0 Å². The van der Waals surface area contributed by atoms with Crippen molar-refractivity contribution in [2.45, 2.75) is 64.0 Å². The Morgan fingerprint density at radius 3 is 2.43 bits per heavy atom. The van der Waals surface area contributed by atoms with Gasteiger partial charge < -0.3 is 10.6 Å². The second-order valence-corrected chi connectivity index (χ2v) is 6.39. The van der Waals surface area contributed by atoms with Gasteiger partial charge >= 0.3 is 0 Å². The number of carbonyl (C=O) groups is 1. The lowest BCUT2D eigenvalue weighted by molar-refractivity contribution is -0.121. The van der Waals surface area contributed by atoms with Crippen molar-refractivity contribution in [2.24, 2.45) is 0 Å². The molecule has 0 radical (unpaired) electrons. The third kappa shape index (κ3) is 5.50. The lowest BCUT2D eigenvalue weighted by Gasteiger charge is -2.29. The van der Waals surface area contributed by atoms with Gasteiger partial charge in [-0.15, -0.1) is 0 Å². The van der Waals surface area contributed by atoms with Crippen LogP contribution in [0.1, 0.15) is 57.4 Å². The highest BCUT2D eigenvalue weighted by Gasteiger charge is 2.23. The Morgan fingerprint density at radius 2 is 1.81 bits per heavy atom. The number of rotatable bonds is 6. The molecule has 0 bridgehead atoms. The van der Waals surface area contributed by atoms with Gasteiger partial charge in [0.2, 0.25) is 5.91 Å². The smallest absolute Gasteiger partial charge is 0.221 e. The van der Waals surface area contributed by atoms with Gasteiger partial charge in [0, 0.05) is 25.0 Å². The minimum Gasteiger partial charge on any atom is -0.353 e. The van der Waals surface area contributed by atoms with E-state index in [9.17, 15) is 4.79 Å². The molecule has 0 unspecified atom stereocenters. The Balaban J connectivity index is 1.68. The zero-order chi connectivity index (χ0) is 15.1. The van der Waals surface area contributed by atoms with Crippen molar-refractivity contribution in [1.29, 1.82) is 0 Å². The van der Waals surface area contributed by atoms with Crippen molar-refractivity contribution in [2.75, 3.05) is 6.54 Å². The summed E-state index contributed by atoms with van der Waals surface area (Å²) in [6.45, 7) is 4.97. The van der Waals surface area contributed by atoms with Gasteiger partial charge in [0.25, 0.3) is 0 Å². The zero-order valence-electron chi connectivity index (χ0n) is 13.3. The van der Waals surface area contributed by atoms with E-state index in [0.29, 0.717) is 24.4 Å². The van der Waals surface area contributed by atoms with Gasteiger partial charge in [0.1, 0.15) is 0 Å². The van der Waals surface area contributed by atoms with Crippen LogP contribution in [-0.2, 0) is 4.79 Å². The van der Waals surface area contributed by atoms with E-state index in [2.05, 4.69) is 54.8 Å². The lowest BCUT2D eigenvalue weighted by atomic mass is 9.82. The van der Waals surface area contributed by atoms with Crippen molar-refractivity contribution in [3.63, 3.8) is 0 Å². The van der Waals surface area contributed by atoms with Crippen LogP contribution >= 0.6 is 0 Å². The fourth-order valence-electron chi connectivity index (χ4n) is 3.07. The van der Waals surface area contributed by atoms with Crippen LogP contribution in [0, 0.1) is 0 Å². The van der Waals surface area contributed by atoms with Crippen molar-refractivity contribution in [3.05, 3.63) is 35.9 Å². The summed E-state index contributed by atoms with van der Waals surface area (Å²) in [5.41, 5.74) is 1.45. The van der Waals surface area contributed by atoms with Crippen LogP contribution in [-0.4, -0.2) is 24.5 Å². The summed E-state index contributed by atoms with van der Waals surface area (Å²) in [5, 5.41) is 6.47. The largest absolute Gasteiger partial charge is 0.353 e. The van der Waals surface area contributed by atoms with E-state index in [-0.39, 0.29) is 5.91 Å². The summed E-state index contributed by atoms with van der Waals surface area (Å²) in [4.78, 5) is 11.9.